The predicted molar refractivity (Wildman–Crippen MR) is 160 cm³/mol. The number of pyridine rings is 1. The number of aromatic amines is 1. The molecule has 0 amide bonds. The maximum absolute atomic E-state index is 14.0. The molecule has 2 aromatic carbocycles. The minimum Gasteiger partial charge on any atom is -0.433 e. The molecule has 1 fully saturated rings. The number of hydrogen-bond acceptors (Lipinski definition) is 7. The Hall–Kier alpha value is -4.77. The minimum absolute atomic E-state index is 0.00686. The zero-order valence-electron chi connectivity index (χ0n) is 23.7. The lowest BCUT2D eigenvalue weighted by atomic mass is 9.94. The highest BCUT2D eigenvalue weighted by molar-refractivity contribution is 6.13. The number of anilines is 2. The zero-order valence-corrected chi connectivity index (χ0v) is 23.7. The molecule has 1 saturated heterocycles. The van der Waals surface area contributed by atoms with Crippen LogP contribution in [0.3, 0.4) is 0 Å². The quantitative estimate of drug-likeness (QED) is 0.228. The number of halogens is 2. The molecule has 0 atom stereocenters. The number of nitrogens with two attached hydrogens (primary N) is 1. The van der Waals surface area contributed by atoms with Gasteiger partial charge in [-0.05, 0) is 87.2 Å². The number of fused-ring (bicyclic) bond motifs is 3. The van der Waals surface area contributed by atoms with E-state index in [1.165, 1.54) is 40.5 Å². The molecule has 3 aromatic heterocycles. The molecule has 0 unspecified atom stereocenters. The number of hydrogen-bond donors (Lipinski definition) is 3. The van der Waals surface area contributed by atoms with Crippen LogP contribution in [-0.4, -0.2) is 51.2 Å². The van der Waals surface area contributed by atoms with Crippen LogP contribution < -0.4 is 20.7 Å². The van der Waals surface area contributed by atoms with Crippen molar-refractivity contribution in [1.82, 2.24) is 25.1 Å². The van der Waals surface area contributed by atoms with Crippen LogP contribution in [0.1, 0.15) is 46.4 Å². The second kappa shape index (κ2) is 10.8. The fourth-order valence-corrected chi connectivity index (χ4v) is 6.31. The summed E-state index contributed by atoms with van der Waals surface area (Å²) in [6, 6.07) is 11.7. The predicted octanol–water partition coefficient (Wildman–Crippen LogP) is 5.45. The fourth-order valence-electron chi connectivity index (χ4n) is 6.31. The number of carbonyl (C=O) groups is 1. The molecule has 9 nitrogen and oxygen atoms in total. The van der Waals surface area contributed by atoms with E-state index >= 15 is 0 Å². The number of ketones is 1. The second-order valence-electron chi connectivity index (χ2n) is 11.1. The molecule has 0 spiro atoms. The molecule has 2 aliphatic heterocycles. The van der Waals surface area contributed by atoms with Crippen molar-refractivity contribution in [1.29, 1.82) is 0 Å². The number of aromatic nitrogens is 4. The van der Waals surface area contributed by atoms with E-state index in [2.05, 4.69) is 37.4 Å². The van der Waals surface area contributed by atoms with Crippen LogP contribution in [0.25, 0.3) is 16.6 Å². The highest BCUT2D eigenvalue weighted by Gasteiger charge is 2.28. The van der Waals surface area contributed by atoms with Gasteiger partial charge in [-0.1, -0.05) is 6.07 Å². The van der Waals surface area contributed by atoms with Gasteiger partial charge in [0.15, 0.2) is 11.6 Å². The number of rotatable bonds is 6. The first-order valence-corrected chi connectivity index (χ1v) is 14.5. The molecule has 0 bridgehead atoms. The van der Waals surface area contributed by atoms with E-state index in [1.807, 2.05) is 6.07 Å². The Morgan fingerprint density at radius 3 is 2.63 bits per heavy atom. The van der Waals surface area contributed by atoms with Gasteiger partial charge >= 0.3 is 0 Å². The molecular formula is C32H31F2N7O2. The van der Waals surface area contributed by atoms with Crippen LogP contribution in [0.2, 0.25) is 0 Å². The SMILES string of the molecule is Cc1cc(Oc2c(F)cccc2F)ncc1-n1ncc(C(=O)c2cc3c4c(ccc3[nH]2)N(C2CCNCC2)CCC4)c1N. The van der Waals surface area contributed by atoms with Crippen LogP contribution in [0.4, 0.5) is 20.3 Å². The van der Waals surface area contributed by atoms with Gasteiger partial charge in [0.05, 0.1) is 29.3 Å². The summed E-state index contributed by atoms with van der Waals surface area (Å²) in [5.74, 6) is -2.30. The number of benzene rings is 2. The number of nitrogen functional groups attached to an aromatic ring is 1. The maximum Gasteiger partial charge on any atom is 0.219 e. The average molecular weight is 584 g/mol. The first-order chi connectivity index (χ1) is 20.9. The molecule has 220 valence electrons. The lowest BCUT2D eigenvalue weighted by Gasteiger charge is -2.40. The topological polar surface area (TPSA) is 114 Å². The monoisotopic (exact) mass is 583 g/mol. The van der Waals surface area contributed by atoms with Crippen molar-refractivity contribution in [3.8, 4) is 17.3 Å². The molecule has 7 rings (SSSR count). The summed E-state index contributed by atoms with van der Waals surface area (Å²) in [7, 11) is 0. The molecule has 0 saturated carbocycles. The summed E-state index contributed by atoms with van der Waals surface area (Å²) in [5, 5.41) is 8.88. The van der Waals surface area contributed by atoms with Gasteiger partial charge in [-0.15, -0.1) is 0 Å². The van der Waals surface area contributed by atoms with Crippen molar-refractivity contribution in [2.45, 2.75) is 38.6 Å². The van der Waals surface area contributed by atoms with E-state index in [4.69, 9.17) is 10.5 Å². The number of aryl methyl sites for hydroxylation is 2. The summed E-state index contributed by atoms with van der Waals surface area (Å²) in [6.45, 7) is 4.89. The Kier molecular flexibility index (Phi) is 6.81. The molecule has 5 heterocycles. The van der Waals surface area contributed by atoms with E-state index < -0.39 is 17.4 Å². The highest BCUT2D eigenvalue weighted by Crippen LogP contribution is 2.37. The molecule has 5 aromatic rings. The Morgan fingerprint density at radius 1 is 1.07 bits per heavy atom. The minimum atomic E-state index is -0.834. The summed E-state index contributed by atoms with van der Waals surface area (Å²) < 4.78 is 34.9. The van der Waals surface area contributed by atoms with Crippen LogP contribution in [0, 0.1) is 18.6 Å². The fraction of sp³-hybridized carbons (Fsp3) is 0.281. The number of ether oxygens (including phenoxy) is 1. The number of carbonyl (C=O) groups excluding carboxylic acids is 1. The van der Waals surface area contributed by atoms with Crippen LogP contribution in [0.5, 0.6) is 11.6 Å². The van der Waals surface area contributed by atoms with Gasteiger partial charge in [0, 0.05) is 35.2 Å². The second-order valence-corrected chi connectivity index (χ2v) is 11.1. The van der Waals surface area contributed by atoms with Crippen molar-refractivity contribution in [3.63, 3.8) is 0 Å². The standard InChI is InChI=1S/C32H31F2N7O2/c1-18-14-29(43-31-23(33)5-2-6-24(31)34)37-17-28(18)41-32(35)22(16-38-41)30(42)26-15-21-20-4-3-13-40(19-9-11-36-12-10-19)27(20)8-7-25(21)39-26/h2,5-8,14-17,19,36,39H,3-4,9-13,35H2,1H3. The summed E-state index contributed by atoms with van der Waals surface area (Å²) in [5.41, 5.74) is 11.7. The number of nitrogens with one attached hydrogen (secondary N) is 2. The van der Waals surface area contributed by atoms with Gasteiger partial charge in [0.1, 0.15) is 5.82 Å². The number of nitrogens with zero attached hydrogens (tertiary/aromatic N) is 4. The van der Waals surface area contributed by atoms with Gasteiger partial charge in [-0.2, -0.15) is 5.10 Å². The zero-order chi connectivity index (χ0) is 29.7. The van der Waals surface area contributed by atoms with Gasteiger partial charge in [0.25, 0.3) is 0 Å². The largest absolute Gasteiger partial charge is 0.433 e. The first-order valence-electron chi connectivity index (χ1n) is 14.5. The summed E-state index contributed by atoms with van der Waals surface area (Å²) in [4.78, 5) is 23.7. The smallest absolute Gasteiger partial charge is 0.219 e. The third-order valence-electron chi connectivity index (χ3n) is 8.48. The van der Waals surface area contributed by atoms with E-state index in [0.717, 1.165) is 68.4 Å². The van der Waals surface area contributed by atoms with Gasteiger partial charge in [-0.3, -0.25) is 4.79 Å². The maximum atomic E-state index is 14.0. The van der Waals surface area contributed by atoms with Crippen LogP contribution >= 0.6 is 0 Å². The normalized spacial score (nSPS) is 15.6. The summed E-state index contributed by atoms with van der Waals surface area (Å²) >= 11 is 0. The Morgan fingerprint density at radius 2 is 1.86 bits per heavy atom. The molecule has 0 radical (unpaired) electrons. The van der Waals surface area contributed by atoms with Crippen molar-refractivity contribution in [3.05, 3.63) is 88.9 Å². The number of para-hydroxylation sites is 1. The van der Waals surface area contributed by atoms with Crippen molar-refractivity contribution < 1.29 is 18.3 Å². The van der Waals surface area contributed by atoms with Crippen molar-refractivity contribution >= 4 is 28.2 Å². The molecule has 11 heteroatoms. The van der Waals surface area contributed by atoms with Crippen LogP contribution in [0.15, 0.2) is 54.9 Å². The van der Waals surface area contributed by atoms with E-state index in [-0.39, 0.29) is 23.0 Å². The lowest BCUT2D eigenvalue weighted by Crippen LogP contribution is -2.45. The van der Waals surface area contributed by atoms with Crippen molar-refractivity contribution in [2.75, 3.05) is 30.3 Å². The molecule has 0 aliphatic carbocycles. The Balaban J connectivity index is 1.16. The van der Waals surface area contributed by atoms with Gasteiger partial charge in [-0.25, -0.2) is 18.4 Å². The van der Waals surface area contributed by atoms with E-state index in [0.29, 0.717) is 23.0 Å². The van der Waals surface area contributed by atoms with Crippen LogP contribution in [-0.2, 0) is 6.42 Å². The third kappa shape index (κ3) is 4.79. The number of H-pyrrole nitrogens is 1. The lowest BCUT2D eigenvalue weighted by molar-refractivity contribution is 0.103. The molecule has 4 N–H and O–H groups in total. The highest BCUT2D eigenvalue weighted by atomic mass is 19.1. The molecular weight excluding hydrogens is 552 g/mol. The molecule has 43 heavy (non-hydrogen) atoms. The van der Waals surface area contributed by atoms with E-state index in [1.54, 1.807) is 6.92 Å². The van der Waals surface area contributed by atoms with Gasteiger partial charge in [0.2, 0.25) is 17.4 Å². The average Bonchev–Trinajstić information content (AvgIpc) is 3.63. The first kappa shape index (κ1) is 27.1. The number of piperidine rings is 1. The van der Waals surface area contributed by atoms with E-state index in [9.17, 15) is 13.6 Å². The third-order valence-corrected chi connectivity index (χ3v) is 8.48. The summed E-state index contributed by atoms with van der Waals surface area (Å²) in [6.07, 6.45) is 7.19. The Labute approximate surface area is 246 Å². The Bertz CT molecular complexity index is 1840. The van der Waals surface area contributed by atoms with Crippen molar-refractivity contribution in [2.24, 2.45) is 0 Å². The molecule has 2 aliphatic rings. The van der Waals surface area contributed by atoms with Gasteiger partial charge < -0.3 is 25.7 Å².